The molecule has 5 rings (SSSR count). The monoisotopic (exact) mass is 353 g/mol. The summed E-state index contributed by atoms with van der Waals surface area (Å²) in [5, 5.41) is 0. The molecule has 0 aliphatic carbocycles. The molecule has 26 heavy (non-hydrogen) atoms. The fourth-order valence-corrected chi connectivity index (χ4v) is 3.70. The second kappa shape index (κ2) is 6.30. The minimum Gasteiger partial charge on any atom is -0.478 e. The van der Waals surface area contributed by atoms with Gasteiger partial charge in [-0.05, 0) is 37.1 Å². The van der Waals surface area contributed by atoms with Crippen molar-refractivity contribution >= 4 is 11.9 Å². The molecule has 0 bridgehead atoms. The molecule has 0 radical (unpaired) electrons. The average Bonchev–Trinajstić information content (AvgIpc) is 3.39. The zero-order valence-corrected chi connectivity index (χ0v) is 14.3. The quantitative estimate of drug-likeness (QED) is 0.790. The van der Waals surface area contributed by atoms with E-state index in [1.165, 1.54) is 0 Å². The van der Waals surface area contributed by atoms with Crippen molar-refractivity contribution in [1.29, 1.82) is 0 Å². The number of benzene rings is 1. The summed E-state index contributed by atoms with van der Waals surface area (Å²) in [5.74, 6) is 2.11. The highest BCUT2D eigenvalue weighted by molar-refractivity contribution is 6.14. The zero-order valence-electron chi connectivity index (χ0n) is 14.3. The predicted octanol–water partition coefficient (Wildman–Crippen LogP) is 3.23. The number of carbonyl (C=O) groups is 1. The molecule has 0 N–H and O–H groups in total. The second-order valence-corrected chi connectivity index (χ2v) is 6.79. The van der Waals surface area contributed by atoms with Crippen LogP contribution >= 0.6 is 0 Å². The summed E-state index contributed by atoms with van der Waals surface area (Å²) in [6, 6.07) is 7.19. The van der Waals surface area contributed by atoms with E-state index in [1.807, 2.05) is 6.07 Å². The Bertz CT molecular complexity index is 865. The third-order valence-electron chi connectivity index (χ3n) is 4.98. The van der Waals surface area contributed by atoms with Crippen molar-refractivity contribution in [3.63, 3.8) is 0 Å². The van der Waals surface area contributed by atoms with Gasteiger partial charge in [0, 0.05) is 25.8 Å². The highest BCUT2D eigenvalue weighted by atomic mass is 16.5. The summed E-state index contributed by atoms with van der Waals surface area (Å²) in [4.78, 5) is 14.9. The number of rotatable bonds is 3. The Morgan fingerprint density at radius 2 is 2.23 bits per heavy atom. The van der Waals surface area contributed by atoms with Crippen LogP contribution in [0.15, 0.2) is 40.7 Å². The van der Waals surface area contributed by atoms with E-state index >= 15 is 0 Å². The lowest BCUT2D eigenvalue weighted by Gasteiger charge is -2.31. The molecule has 1 aromatic heterocycles. The lowest BCUT2D eigenvalue weighted by atomic mass is 10.0. The number of nitrogens with zero attached hydrogens (tertiary/aromatic N) is 1. The standard InChI is InChI=1S/C20H19NO5/c22-19-15-5-6-17-16(11-21(12-25-17)10-14-4-2-8-24-14)20(15)26-18(19)9-13-3-1-7-23-13/h1,3,5-7,9,14H,2,4,8,10-12H2/t14-/m0/s1. The van der Waals surface area contributed by atoms with Gasteiger partial charge in [0.05, 0.1) is 23.5 Å². The summed E-state index contributed by atoms with van der Waals surface area (Å²) in [6.45, 7) is 2.87. The molecule has 0 amide bonds. The number of allylic oxidation sites excluding steroid dienone is 1. The van der Waals surface area contributed by atoms with E-state index < -0.39 is 0 Å². The summed E-state index contributed by atoms with van der Waals surface area (Å²) in [7, 11) is 0. The van der Waals surface area contributed by atoms with Crippen molar-refractivity contribution in [3.8, 4) is 11.5 Å². The molecule has 1 saturated heterocycles. The summed E-state index contributed by atoms with van der Waals surface area (Å²) < 4.78 is 22.8. The minimum absolute atomic E-state index is 0.129. The highest BCUT2D eigenvalue weighted by Crippen LogP contribution is 2.42. The number of hydrogen-bond donors (Lipinski definition) is 0. The predicted molar refractivity (Wildman–Crippen MR) is 93.0 cm³/mol. The lowest BCUT2D eigenvalue weighted by Crippen LogP contribution is -2.37. The summed E-state index contributed by atoms with van der Waals surface area (Å²) in [5.41, 5.74) is 1.49. The Morgan fingerprint density at radius 3 is 3.04 bits per heavy atom. The van der Waals surface area contributed by atoms with E-state index in [9.17, 15) is 4.79 Å². The first-order valence-electron chi connectivity index (χ1n) is 8.88. The SMILES string of the molecule is O=C1C(=Cc2ccco2)Oc2c1ccc1c2CN(C[C@@H]2CCCO2)CO1. The van der Waals surface area contributed by atoms with Crippen molar-refractivity contribution < 1.29 is 23.4 Å². The van der Waals surface area contributed by atoms with Crippen LogP contribution in [-0.4, -0.2) is 36.7 Å². The van der Waals surface area contributed by atoms with Crippen molar-refractivity contribution in [1.82, 2.24) is 4.90 Å². The Hall–Kier alpha value is -2.57. The van der Waals surface area contributed by atoms with Crippen molar-refractivity contribution in [2.45, 2.75) is 25.5 Å². The number of fused-ring (bicyclic) bond motifs is 3. The minimum atomic E-state index is -0.129. The molecule has 0 saturated carbocycles. The van der Waals surface area contributed by atoms with Gasteiger partial charge < -0.3 is 18.6 Å². The van der Waals surface area contributed by atoms with Crippen LogP contribution < -0.4 is 9.47 Å². The van der Waals surface area contributed by atoms with Gasteiger partial charge in [-0.25, -0.2) is 0 Å². The zero-order chi connectivity index (χ0) is 17.5. The van der Waals surface area contributed by atoms with Crippen molar-refractivity contribution in [2.75, 3.05) is 19.9 Å². The molecule has 6 heteroatoms. The van der Waals surface area contributed by atoms with Crippen LogP contribution in [-0.2, 0) is 11.3 Å². The Kier molecular flexibility index (Phi) is 3.80. The van der Waals surface area contributed by atoms with Crippen molar-refractivity contribution in [2.24, 2.45) is 0 Å². The summed E-state index contributed by atoms with van der Waals surface area (Å²) >= 11 is 0. The summed E-state index contributed by atoms with van der Waals surface area (Å²) in [6.07, 6.45) is 5.65. The topological polar surface area (TPSA) is 61.1 Å². The van der Waals surface area contributed by atoms with E-state index in [0.717, 1.165) is 37.3 Å². The molecule has 1 aromatic carbocycles. The first-order valence-corrected chi connectivity index (χ1v) is 8.88. The maximum absolute atomic E-state index is 12.7. The molecule has 3 aliphatic rings. The largest absolute Gasteiger partial charge is 0.478 e. The molecule has 134 valence electrons. The van der Waals surface area contributed by atoms with E-state index in [1.54, 1.807) is 30.5 Å². The average molecular weight is 353 g/mol. The van der Waals surface area contributed by atoms with E-state index in [0.29, 0.717) is 30.3 Å². The van der Waals surface area contributed by atoms with E-state index in [-0.39, 0.29) is 17.6 Å². The molecule has 0 unspecified atom stereocenters. The van der Waals surface area contributed by atoms with Gasteiger partial charge in [0.15, 0.2) is 5.76 Å². The van der Waals surface area contributed by atoms with Crippen LogP contribution in [0.3, 0.4) is 0 Å². The first kappa shape index (κ1) is 15.7. The smallest absolute Gasteiger partial charge is 0.232 e. The molecule has 1 fully saturated rings. The van der Waals surface area contributed by atoms with Gasteiger partial charge in [0.25, 0.3) is 0 Å². The first-order chi connectivity index (χ1) is 12.8. The van der Waals surface area contributed by atoms with Gasteiger partial charge in [0.2, 0.25) is 5.78 Å². The molecule has 3 aliphatic heterocycles. The molecular formula is C20H19NO5. The highest BCUT2D eigenvalue weighted by Gasteiger charge is 2.34. The molecule has 4 heterocycles. The van der Waals surface area contributed by atoms with Crippen LogP contribution in [0.2, 0.25) is 0 Å². The van der Waals surface area contributed by atoms with Gasteiger partial charge in [-0.3, -0.25) is 9.69 Å². The Labute approximate surface area is 150 Å². The van der Waals surface area contributed by atoms with Gasteiger partial charge >= 0.3 is 0 Å². The molecule has 0 spiro atoms. The Balaban J connectivity index is 1.42. The normalized spacial score (nSPS) is 23.6. The van der Waals surface area contributed by atoms with Gasteiger partial charge in [-0.2, -0.15) is 0 Å². The molecular weight excluding hydrogens is 334 g/mol. The molecule has 1 atom stereocenters. The maximum Gasteiger partial charge on any atom is 0.232 e. The fraction of sp³-hybridized carbons (Fsp3) is 0.350. The third kappa shape index (κ3) is 2.71. The number of Topliss-reactive ketones (excluding diaryl/α,β-unsaturated/α-hetero) is 1. The van der Waals surface area contributed by atoms with Crippen LogP contribution in [0.4, 0.5) is 0 Å². The number of carbonyl (C=O) groups excluding carboxylic acids is 1. The second-order valence-electron chi connectivity index (χ2n) is 6.79. The van der Waals surface area contributed by atoms with Crippen LogP contribution in [0.5, 0.6) is 11.5 Å². The van der Waals surface area contributed by atoms with Gasteiger partial charge in [-0.15, -0.1) is 0 Å². The van der Waals surface area contributed by atoms with Crippen molar-refractivity contribution in [3.05, 3.63) is 53.2 Å². The van der Waals surface area contributed by atoms with E-state index in [2.05, 4.69) is 4.90 Å². The van der Waals surface area contributed by atoms with Crippen LogP contribution in [0.25, 0.3) is 6.08 Å². The number of ketones is 1. The van der Waals surface area contributed by atoms with Gasteiger partial charge in [0.1, 0.15) is 24.0 Å². The van der Waals surface area contributed by atoms with Gasteiger partial charge in [-0.1, -0.05) is 0 Å². The Morgan fingerprint density at radius 1 is 1.27 bits per heavy atom. The third-order valence-corrected chi connectivity index (χ3v) is 4.98. The molecule has 6 nitrogen and oxygen atoms in total. The fourth-order valence-electron chi connectivity index (χ4n) is 3.70. The maximum atomic E-state index is 12.7. The lowest BCUT2D eigenvalue weighted by molar-refractivity contribution is 0.0274. The van der Waals surface area contributed by atoms with E-state index in [4.69, 9.17) is 18.6 Å². The number of furan rings is 1. The van der Waals surface area contributed by atoms with Crippen LogP contribution in [0.1, 0.15) is 34.5 Å². The number of hydrogen-bond acceptors (Lipinski definition) is 6. The number of ether oxygens (including phenoxy) is 3. The molecule has 2 aromatic rings. The van der Waals surface area contributed by atoms with Crippen LogP contribution in [0, 0.1) is 0 Å².